The van der Waals surface area contributed by atoms with Crippen molar-refractivity contribution in [1.82, 2.24) is 5.32 Å². The Bertz CT molecular complexity index is 511. The molecule has 2 aromatic carbocycles. The van der Waals surface area contributed by atoms with E-state index in [0.717, 1.165) is 5.92 Å². The summed E-state index contributed by atoms with van der Waals surface area (Å²) in [5, 5.41) is 3.41. The van der Waals surface area contributed by atoms with Gasteiger partial charge in [-0.25, -0.2) is 0 Å². The number of hydrogen-bond donors (Lipinski definition) is 1. The van der Waals surface area contributed by atoms with Gasteiger partial charge in [-0.1, -0.05) is 61.0 Å². The van der Waals surface area contributed by atoms with Gasteiger partial charge in [0.05, 0.1) is 6.04 Å². The van der Waals surface area contributed by atoms with E-state index >= 15 is 0 Å². The van der Waals surface area contributed by atoms with Crippen molar-refractivity contribution in [2.24, 2.45) is 0 Å². The minimum atomic E-state index is 0.289. The quantitative estimate of drug-likeness (QED) is 0.856. The lowest BCUT2D eigenvalue weighted by atomic mass is 9.79. The molecule has 0 aromatic heterocycles. The minimum absolute atomic E-state index is 0.289. The van der Waals surface area contributed by atoms with Gasteiger partial charge in [-0.05, 0) is 42.5 Å². The van der Waals surface area contributed by atoms with E-state index in [4.69, 9.17) is 0 Å². The summed E-state index contributed by atoms with van der Waals surface area (Å²) in [4.78, 5) is 0. The van der Waals surface area contributed by atoms with E-state index in [-0.39, 0.29) is 6.04 Å². The number of nitrogens with one attached hydrogen (secondary N) is 1. The summed E-state index contributed by atoms with van der Waals surface area (Å²) in [7, 11) is 2.03. The fourth-order valence-corrected chi connectivity index (χ4v) is 2.87. The first-order chi connectivity index (χ1) is 9.38. The predicted octanol–water partition coefficient (Wildman–Crippen LogP) is 4.26. The predicted molar refractivity (Wildman–Crippen MR) is 80.4 cm³/mol. The highest BCUT2D eigenvalue weighted by molar-refractivity contribution is 5.34. The lowest BCUT2D eigenvalue weighted by Gasteiger charge is -2.26. The second kappa shape index (κ2) is 5.58. The molecule has 2 aromatic rings. The minimum Gasteiger partial charge on any atom is -0.309 e. The molecule has 98 valence electrons. The van der Waals surface area contributed by atoms with Gasteiger partial charge in [0.25, 0.3) is 0 Å². The molecule has 0 spiro atoms. The maximum Gasteiger partial charge on any atom is 0.0574 e. The van der Waals surface area contributed by atoms with Crippen molar-refractivity contribution in [1.29, 1.82) is 0 Å². The molecule has 1 N–H and O–H groups in total. The standard InChI is InChI=1S/C18H21N/c1-19-18(16-6-3-2-4-7-16)17-12-10-15(11-13-17)14-8-5-9-14/h2-4,6-7,10-14,18-19H,5,8-9H2,1H3. The molecule has 1 aliphatic rings. The molecule has 0 radical (unpaired) electrons. The first-order valence-electron chi connectivity index (χ1n) is 7.20. The third-order valence-electron chi connectivity index (χ3n) is 4.27. The normalized spacial score (nSPS) is 16.9. The molecule has 1 heteroatoms. The zero-order valence-corrected chi connectivity index (χ0v) is 11.5. The molecule has 1 unspecified atom stereocenters. The Morgan fingerprint density at radius 3 is 2.05 bits per heavy atom. The van der Waals surface area contributed by atoms with E-state index in [1.807, 2.05) is 7.05 Å². The molecule has 0 heterocycles. The van der Waals surface area contributed by atoms with Crippen LogP contribution in [0.1, 0.15) is 47.9 Å². The summed E-state index contributed by atoms with van der Waals surface area (Å²) < 4.78 is 0. The van der Waals surface area contributed by atoms with E-state index < -0.39 is 0 Å². The Kier molecular flexibility index (Phi) is 3.65. The summed E-state index contributed by atoms with van der Waals surface area (Å²) in [6, 6.07) is 20.1. The van der Waals surface area contributed by atoms with Gasteiger partial charge in [0, 0.05) is 0 Å². The number of rotatable bonds is 4. The van der Waals surface area contributed by atoms with Crippen LogP contribution in [0.15, 0.2) is 54.6 Å². The van der Waals surface area contributed by atoms with E-state index in [0.29, 0.717) is 0 Å². The van der Waals surface area contributed by atoms with Gasteiger partial charge in [0.2, 0.25) is 0 Å². The largest absolute Gasteiger partial charge is 0.309 e. The zero-order chi connectivity index (χ0) is 13.1. The third-order valence-corrected chi connectivity index (χ3v) is 4.27. The first kappa shape index (κ1) is 12.4. The molecule has 1 fully saturated rings. The van der Waals surface area contributed by atoms with Crippen LogP contribution in [-0.4, -0.2) is 7.05 Å². The molecule has 19 heavy (non-hydrogen) atoms. The van der Waals surface area contributed by atoms with Gasteiger partial charge in [-0.2, -0.15) is 0 Å². The Labute approximate surface area is 115 Å². The lowest BCUT2D eigenvalue weighted by Crippen LogP contribution is -2.17. The van der Waals surface area contributed by atoms with Crippen LogP contribution < -0.4 is 5.32 Å². The van der Waals surface area contributed by atoms with Crippen molar-refractivity contribution >= 4 is 0 Å². The summed E-state index contributed by atoms with van der Waals surface area (Å²) in [6.07, 6.45) is 4.14. The number of benzene rings is 2. The fourth-order valence-electron chi connectivity index (χ4n) is 2.87. The van der Waals surface area contributed by atoms with Crippen LogP contribution in [0.4, 0.5) is 0 Å². The van der Waals surface area contributed by atoms with Gasteiger partial charge in [-0.15, -0.1) is 0 Å². The third kappa shape index (κ3) is 2.57. The molecule has 1 aliphatic carbocycles. The van der Waals surface area contributed by atoms with E-state index in [9.17, 15) is 0 Å². The van der Waals surface area contributed by atoms with Gasteiger partial charge in [0.1, 0.15) is 0 Å². The van der Waals surface area contributed by atoms with Crippen LogP contribution >= 0.6 is 0 Å². The highest BCUT2D eigenvalue weighted by Crippen LogP contribution is 2.36. The van der Waals surface area contributed by atoms with Crippen LogP contribution in [0.3, 0.4) is 0 Å². The molecule has 1 nitrogen and oxygen atoms in total. The molecule has 1 atom stereocenters. The monoisotopic (exact) mass is 251 g/mol. The number of hydrogen-bond acceptors (Lipinski definition) is 1. The summed E-state index contributed by atoms with van der Waals surface area (Å²) in [5.41, 5.74) is 4.18. The van der Waals surface area contributed by atoms with Crippen LogP contribution in [-0.2, 0) is 0 Å². The second-order valence-electron chi connectivity index (χ2n) is 5.43. The van der Waals surface area contributed by atoms with Crippen molar-refractivity contribution in [3.05, 3.63) is 71.3 Å². The molecular formula is C18H21N. The van der Waals surface area contributed by atoms with Gasteiger partial charge in [-0.3, -0.25) is 0 Å². The highest BCUT2D eigenvalue weighted by Gasteiger charge is 2.19. The Balaban J connectivity index is 1.83. The summed E-state index contributed by atoms with van der Waals surface area (Å²) in [6.45, 7) is 0. The van der Waals surface area contributed by atoms with Crippen LogP contribution in [0.25, 0.3) is 0 Å². The molecular weight excluding hydrogens is 230 g/mol. The van der Waals surface area contributed by atoms with Gasteiger partial charge in [0.15, 0.2) is 0 Å². The van der Waals surface area contributed by atoms with E-state index in [2.05, 4.69) is 59.9 Å². The fraction of sp³-hybridized carbons (Fsp3) is 0.333. The van der Waals surface area contributed by atoms with E-state index in [1.54, 1.807) is 0 Å². The van der Waals surface area contributed by atoms with Crippen molar-refractivity contribution in [3.8, 4) is 0 Å². The molecule has 3 rings (SSSR count). The second-order valence-corrected chi connectivity index (χ2v) is 5.43. The SMILES string of the molecule is CNC(c1ccccc1)c1ccc(C2CCC2)cc1. The lowest BCUT2D eigenvalue weighted by molar-refractivity contribution is 0.419. The van der Waals surface area contributed by atoms with Gasteiger partial charge >= 0.3 is 0 Å². The zero-order valence-electron chi connectivity index (χ0n) is 11.5. The Morgan fingerprint density at radius 1 is 0.895 bits per heavy atom. The maximum absolute atomic E-state index is 3.41. The van der Waals surface area contributed by atoms with Crippen molar-refractivity contribution < 1.29 is 0 Å². The highest BCUT2D eigenvalue weighted by atomic mass is 14.9. The molecule has 0 saturated heterocycles. The van der Waals surface area contributed by atoms with Crippen molar-refractivity contribution in [2.45, 2.75) is 31.2 Å². The van der Waals surface area contributed by atoms with Crippen molar-refractivity contribution in [2.75, 3.05) is 7.05 Å². The van der Waals surface area contributed by atoms with Crippen LogP contribution in [0, 0.1) is 0 Å². The summed E-state index contributed by atoms with van der Waals surface area (Å²) >= 11 is 0. The Hall–Kier alpha value is -1.60. The molecule has 1 saturated carbocycles. The smallest absolute Gasteiger partial charge is 0.0574 e. The average molecular weight is 251 g/mol. The molecule has 0 bridgehead atoms. The topological polar surface area (TPSA) is 12.0 Å². The van der Waals surface area contributed by atoms with Crippen LogP contribution in [0.5, 0.6) is 0 Å². The maximum atomic E-state index is 3.41. The summed E-state index contributed by atoms with van der Waals surface area (Å²) in [5.74, 6) is 0.818. The van der Waals surface area contributed by atoms with Gasteiger partial charge < -0.3 is 5.32 Å². The molecule has 0 amide bonds. The van der Waals surface area contributed by atoms with Crippen LogP contribution in [0.2, 0.25) is 0 Å². The Morgan fingerprint density at radius 2 is 1.53 bits per heavy atom. The first-order valence-corrected chi connectivity index (χ1v) is 7.20. The average Bonchev–Trinajstić information content (AvgIpc) is 2.41. The van der Waals surface area contributed by atoms with Crippen molar-refractivity contribution in [3.63, 3.8) is 0 Å². The van der Waals surface area contributed by atoms with E-state index in [1.165, 1.54) is 36.0 Å². The molecule has 0 aliphatic heterocycles.